The van der Waals surface area contributed by atoms with Crippen LogP contribution in [-0.2, 0) is 6.42 Å². The largest absolute Gasteiger partial charge is 0.446 e. The normalized spacial score (nSPS) is 21.7. The highest BCUT2D eigenvalue weighted by Crippen LogP contribution is 2.40. The van der Waals surface area contributed by atoms with Crippen molar-refractivity contribution in [1.29, 1.82) is 0 Å². The van der Waals surface area contributed by atoms with Crippen LogP contribution in [0.1, 0.15) is 35.4 Å². The fourth-order valence-corrected chi connectivity index (χ4v) is 3.12. The molecule has 2 rings (SSSR count). The van der Waals surface area contributed by atoms with Gasteiger partial charge in [-0.05, 0) is 25.5 Å². The SMILES string of the molecule is Cc1oc(CCN)nc1C1CCCS1. The van der Waals surface area contributed by atoms with Crippen LogP contribution in [-0.4, -0.2) is 17.3 Å². The topological polar surface area (TPSA) is 52.0 Å². The second-order valence-electron chi connectivity index (χ2n) is 3.59. The maximum atomic E-state index is 5.56. The van der Waals surface area contributed by atoms with Gasteiger partial charge in [0.25, 0.3) is 0 Å². The molecule has 4 heteroatoms. The molecule has 3 nitrogen and oxygen atoms in total. The molecule has 1 aliphatic heterocycles. The van der Waals surface area contributed by atoms with Gasteiger partial charge in [-0.3, -0.25) is 0 Å². The van der Waals surface area contributed by atoms with Gasteiger partial charge in [0, 0.05) is 13.0 Å². The number of hydrogen-bond acceptors (Lipinski definition) is 4. The van der Waals surface area contributed by atoms with Gasteiger partial charge in [-0.2, -0.15) is 11.8 Å². The van der Waals surface area contributed by atoms with Crippen molar-refractivity contribution in [3.8, 4) is 0 Å². The second-order valence-corrected chi connectivity index (χ2v) is 4.90. The zero-order valence-corrected chi connectivity index (χ0v) is 9.27. The lowest BCUT2D eigenvalue weighted by molar-refractivity contribution is 0.471. The third-order valence-electron chi connectivity index (χ3n) is 2.47. The molecular weight excluding hydrogens is 196 g/mol. The molecule has 0 radical (unpaired) electrons. The summed E-state index contributed by atoms with van der Waals surface area (Å²) < 4.78 is 5.56. The zero-order chi connectivity index (χ0) is 9.97. The number of thioether (sulfide) groups is 1. The van der Waals surface area contributed by atoms with Gasteiger partial charge in [0.1, 0.15) is 5.76 Å². The molecule has 1 aromatic heterocycles. The predicted molar refractivity (Wildman–Crippen MR) is 58.4 cm³/mol. The Morgan fingerprint density at radius 3 is 3.14 bits per heavy atom. The van der Waals surface area contributed by atoms with Crippen molar-refractivity contribution in [2.75, 3.05) is 12.3 Å². The van der Waals surface area contributed by atoms with E-state index in [1.165, 1.54) is 18.6 Å². The molecule has 0 saturated carbocycles. The van der Waals surface area contributed by atoms with Gasteiger partial charge in [-0.15, -0.1) is 0 Å². The second kappa shape index (κ2) is 4.36. The molecule has 0 aromatic carbocycles. The molecule has 78 valence electrons. The molecule has 1 unspecified atom stereocenters. The van der Waals surface area contributed by atoms with E-state index < -0.39 is 0 Å². The number of rotatable bonds is 3. The summed E-state index contributed by atoms with van der Waals surface area (Å²) in [7, 11) is 0. The van der Waals surface area contributed by atoms with Crippen LogP contribution in [0.4, 0.5) is 0 Å². The first-order valence-electron chi connectivity index (χ1n) is 5.09. The van der Waals surface area contributed by atoms with E-state index in [1.807, 2.05) is 18.7 Å². The van der Waals surface area contributed by atoms with Gasteiger partial charge in [-0.25, -0.2) is 4.98 Å². The first-order chi connectivity index (χ1) is 6.81. The molecule has 0 amide bonds. The molecule has 2 N–H and O–H groups in total. The first-order valence-corrected chi connectivity index (χ1v) is 6.14. The average molecular weight is 212 g/mol. The van der Waals surface area contributed by atoms with Crippen LogP contribution in [0.5, 0.6) is 0 Å². The number of hydrogen-bond donors (Lipinski definition) is 1. The lowest BCUT2D eigenvalue weighted by Crippen LogP contribution is -2.03. The van der Waals surface area contributed by atoms with Gasteiger partial charge in [-0.1, -0.05) is 0 Å². The Hall–Kier alpha value is -0.480. The quantitative estimate of drug-likeness (QED) is 0.833. The lowest BCUT2D eigenvalue weighted by atomic mass is 10.2. The summed E-state index contributed by atoms with van der Waals surface area (Å²) in [5, 5.41) is 0.560. The van der Waals surface area contributed by atoms with E-state index in [4.69, 9.17) is 10.2 Å². The van der Waals surface area contributed by atoms with Crippen molar-refractivity contribution in [3.05, 3.63) is 17.3 Å². The highest BCUT2D eigenvalue weighted by Gasteiger charge is 2.23. The Labute approximate surface area is 88.5 Å². The molecule has 1 fully saturated rings. The summed E-state index contributed by atoms with van der Waals surface area (Å²) in [6, 6.07) is 0. The van der Waals surface area contributed by atoms with E-state index in [-0.39, 0.29) is 0 Å². The lowest BCUT2D eigenvalue weighted by Gasteiger charge is -2.03. The minimum Gasteiger partial charge on any atom is -0.446 e. The highest BCUT2D eigenvalue weighted by atomic mass is 32.2. The van der Waals surface area contributed by atoms with Crippen molar-refractivity contribution in [1.82, 2.24) is 4.98 Å². The van der Waals surface area contributed by atoms with E-state index in [1.54, 1.807) is 0 Å². The van der Waals surface area contributed by atoms with Crippen molar-refractivity contribution < 1.29 is 4.42 Å². The standard InChI is InChI=1S/C10H16N2OS/c1-7-10(8-3-2-6-14-8)12-9(13-7)4-5-11/h8H,2-6,11H2,1H3. The monoisotopic (exact) mass is 212 g/mol. The Kier molecular flexibility index (Phi) is 3.13. The van der Waals surface area contributed by atoms with Crippen LogP contribution < -0.4 is 5.73 Å². The van der Waals surface area contributed by atoms with Crippen molar-refractivity contribution >= 4 is 11.8 Å². The van der Waals surface area contributed by atoms with E-state index in [9.17, 15) is 0 Å². The minimum atomic E-state index is 0.560. The zero-order valence-electron chi connectivity index (χ0n) is 8.45. The molecular formula is C10H16N2OS. The maximum Gasteiger partial charge on any atom is 0.195 e. The van der Waals surface area contributed by atoms with Crippen LogP contribution in [0.25, 0.3) is 0 Å². The molecule has 2 heterocycles. The Bertz CT molecular complexity index is 305. The predicted octanol–water partition coefficient (Wildman–Crippen LogP) is 2.05. The smallest absolute Gasteiger partial charge is 0.195 e. The molecule has 0 bridgehead atoms. The molecule has 0 aliphatic carbocycles. The molecule has 0 spiro atoms. The first kappa shape index (κ1) is 10.1. The number of aryl methyl sites for hydroxylation is 1. The third-order valence-corrected chi connectivity index (χ3v) is 3.86. The van der Waals surface area contributed by atoms with Gasteiger partial charge < -0.3 is 10.2 Å². The Morgan fingerprint density at radius 1 is 1.64 bits per heavy atom. The van der Waals surface area contributed by atoms with E-state index >= 15 is 0 Å². The van der Waals surface area contributed by atoms with Gasteiger partial charge in [0.05, 0.1) is 10.9 Å². The fraction of sp³-hybridized carbons (Fsp3) is 0.700. The van der Waals surface area contributed by atoms with Crippen LogP contribution in [0.15, 0.2) is 4.42 Å². The van der Waals surface area contributed by atoms with Crippen LogP contribution >= 0.6 is 11.8 Å². The molecule has 14 heavy (non-hydrogen) atoms. The van der Waals surface area contributed by atoms with Crippen LogP contribution in [0.3, 0.4) is 0 Å². The molecule has 1 aliphatic rings. The fourth-order valence-electron chi connectivity index (χ4n) is 1.79. The summed E-state index contributed by atoms with van der Waals surface area (Å²) >= 11 is 1.99. The summed E-state index contributed by atoms with van der Waals surface area (Å²) in [5.74, 6) is 3.03. The number of aromatic nitrogens is 1. The highest BCUT2D eigenvalue weighted by molar-refractivity contribution is 7.99. The van der Waals surface area contributed by atoms with Crippen molar-refractivity contribution in [3.63, 3.8) is 0 Å². The van der Waals surface area contributed by atoms with Crippen molar-refractivity contribution in [2.24, 2.45) is 5.73 Å². The maximum absolute atomic E-state index is 5.56. The van der Waals surface area contributed by atoms with Crippen LogP contribution in [0, 0.1) is 6.92 Å². The van der Waals surface area contributed by atoms with E-state index in [2.05, 4.69) is 4.98 Å². The van der Waals surface area contributed by atoms with Crippen molar-refractivity contribution in [2.45, 2.75) is 31.4 Å². The summed E-state index contributed by atoms with van der Waals surface area (Å²) in [4.78, 5) is 4.51. The molecule has 1 aromatic rings. The van der Waals surface area contributed by atoms with Gasteiger partial charge in [0.15, 0.2) is 5.89 Å². The summed E-state index contributed by atoms with van der Waals surface area (Å²) in [5.41, 5.74) is 6.62. The van der Waals surface area contributed by atoms with Gasteiger partial charge >= 0.3 is 0 Å². The number of nitrogens with two attached hydrogens (primary N) is 1. The van der Waals surface area contributed by atoms with E-state index in [0.717, 1.165) is 23.8 Å². The third kappa shape index (κ3) is 1.96. The van der Waals surface area contributed by atoms with E-state index in [0.29, 0.717) is 11.8 Å². The summed E-state index contributed by atoms with van der Waals surface area (Å²) in [6.07, 6.45) is 3.28. The van der Waals surface area contributed by atoms with Crippen LogP contribution in [0.2, 0.25) is 0 Å². The summed E-state index contributed by atoms with van der Waals surface area (Å²) in [6.45, 7) is 2.61. The number of nitrogens with zero attached hydrogens (tertiary/aromatic N) is 1. The minimum absolute atomic E-state index is 0.560. The number of oxazole rings is 1. The molecule has 1 saturated heterocycles. The van der Waals surface area contributed by atoms with Gasteiger partial charge in [0.2, 0.25) is 0 Å². The average Bonchev–Trinajstić information content (AvgIpc) is 2.74. The molecule has 1 atom stereocenters. The Morgan fingerprint density at radius 2 is 2.50 bits per heavy atom. The Balaban J connectivity index is 2.15.